The van der Waals surface area contributed by atoms with Gasteiger partial charge >= 0.3 is 6.85 Å². The van der Waals surface area contributed by atoms with Gasteiger partial charge in [0.25, 0.3) is 0 Å². The van der Waals surface area contributed by atoms with Crippen LogP contribution in [-0.2, 0) is 10.8 Å². The largest absolute Gasteiger partial charge is 0.456 e. The predicted octanol–water partition coefficient (Wildman–Crippen LogP) is 16.1. The number of hydrogen-bond acceptors (Lipinski definition) is 4. The van der Waals surface area contributed by atoms with Gasteiger partial charge in [-0.1, -0.05) is 169 Å². The van der Waals surface area contributed by atoms with Crippen molar-refractivity contribution in [3.8, 4) is 33.4 Å². The topological polar surface area (TPSA) is 32.8 Å². The first-order chi connectivity index (χ1) is 32.5. The van der Waals surface area contributed by atoms with Crippen LogP contribution >= 0.6 is 0 Å². The van der Waals surface area contributed by atoms with E-state index in [1.165, 1.54) is 44.3 Å². The van der Waals surface area contributed by atoms with Crippen LogP contribution in [0.4, 0.5) is 28.4 Å². The Morgan fingerprint density at radius 3 is 1.75 bits per heavy atom. The SMILES string of the molecule is CC(C)(C)c1ccc(N2B3c4c(cc5c(oc6ccccc65)c4N(c4ccc(C(C)(C)C)cc4-c4ccccc4)c4ccc5oc6ccccc6c5c43)-c3ccc(-c4ccccc4)cc32)cc1. The second-order valence-electron chi connectivity index (χ2n) is 20.5. The number of hydrogen-bond donors (Lipinski definition) is 0. The summed E-state index contributed by atoms with van der Waals surface area (Å²) in [5.74, 6) is 0. The second-order valence-corrected chi connectivity index (χ2v) is 20.5. The summed E-state index contributed by atoms with van der Waals surface area (Å²) in [6, 6.07) is 69.1. The Hall–Kier alpha value is -7.76. The van der Waals surface area contributed by atoms with E-state index in [1.54, 1.807) is 0 Å². The van der Waals surface area contributed by atoms with Crippen LogP contribution in [0, 0.1) is 0 Å². The third-order valence-corrected chi connectivity index (χ3v) is 14.4. The standard InChI is InChI=1S/C62H49BN2O2/c1-61(2,3)41-26-29-43(30-27-41)65-52-35-40(38-17-9-7-10-18-38)25-31-44(52)48-37-49-45-21-13-15-23-53(45)67-60(49)59-57(48)63(65)58-51(33-34-55-56(58)46-22-14-16-24-54(46)66-55)64(59)50-32-28-42(62(4,5)6)36-47(50)39-19-11-8-12-20-39/h7-37H,1-6H3. The van der Waals surface area contributed by atoms with E-state index in [1.807, 2.05) is 0 Å². The molecule has 0 radical (unpaired) electrons. The van der Waals surface area contributed by atoms with Gasteiger partial charge < -0.3 is 18.5 Å². The summed E-state index contributed by atoms with van der Waals surface area (Å²) in [4.78, 5) is 5.16. The van der Waals surface area contributed by atoms with E-state index in [9.17, 15) is 0 Å². The second kappa shape index (κ2) is 14.4. The Morgan fingerprint density at radius 2 is 1.03 bits per heavy atom. The molecule has 0 saturated carbocycles. The molecule has 0 amide bonds. The van der Waals surface area contributed by atoms with Gasteiger partial charge in [0.1, 0.15) is 16.7 Å². The van der Waals surface area contributed by atoms with E-state index in [-0.39, 0.29) is 17.7 Å². The Morgan fingerprint density at radius 1 is 0.403 bits per heavy atom. The molecule has 13 rings (SSSR count). The average molecular weight is 865 g/mol. The third kappa shape index (κ3) is 6.00. The Balaban J connectivity index is 1.23. The normalized spacial score (nSPS) is 13.4. The van der Waals surface area contributed by atoms with Crippen molar-refractivity contribution in [2.75, 3.05) is 9.71 Å². The number of rotatable bonds is 4. The maximum Gasteiger partial charge on any atom is 0.333 e. The van der Waals surface area contributed by atoms with Crippen molar-refractivity contribution in [1.82, 2.24) is 0 Å². The molecule has 0 bridgehead atoms. The molecule has 2 aromatic heterocycles. The van der Waals surface area contributed by atoms with Crippen LogP contribution in [0.3, 0.4) is 0 Å². The highest BCUT2D eigenvalue weighted by Gasteiger charge is 2.48. The molecule has 4 heterocycles. The summed E-state index contributed by atoms with van der Waals surface area (Å²) in [5.41, 5.74) is 20.9. The molecule has 322 valence electrons. The van der Waals surface area contributed by atoms with E-state index >= 15 is 0 Å². The van der Waals surface area contributed by atoms with Crippen molar-refractivity contribution in [3.05, 3.63) is 199 Å². The number of furan rings is 2. The van der Waals surface area contributed by atoms with Crippen LogP contribution in [0.5, 0.6) is 0 Å². The van der Waals surface area contributed by atoms with Crippen molar-refractivity contribution in [1.29, 1.82) is 0 Å². The lowest BCUT2D eigenvalue weighted by Crippen LogP contribution is -2.61. The quantitative estimate of drug-likeness (QED) is 0.165. The summed E-state index contributed by atoms with van der Waals surface area (Å²) in [6.07, 6.45) is 0. The van der Waals surface area contributed by atoms with Crippen LogP contribution < -0.4 is 20.6 Å². The van der Waals surface area contributed by atoms with Gasteiger partial charge in [0.05, 0.1) is 11.4 Å². The smallest absolute Gasteiger partial charge is 0.333 e. The summed E-state index contributed by atoms with van der Waals surface area (Å²) in [7, 11) is 0. The maximum absolute atomic E-state index is 7.24. The monoisotopic (exact) mass is 864 g/mol. The van der Waals surface area contributed by atoms with E-state index in [4.69, 9.17) is 8.83 Å². The van der Waals surface area contributed by atoms with Crippen molar-refractivity contribution in [3.63, 3.8) is 0 Å². The minimum atomic E-state index is -0.286. The minimum Gasteiger partial charge on any atom is -0.456 e. The molecule has 0 fully saturated rings. The molecular weight excluding hydrogens is 816 g/mol. The lowest BCUT2D eigenvalue weighted by Gasteiger charge is -2.46. The molecule has 4 nitrogen and oxygen atoms in total. The summed E-state index contributed by atoms with van der Waals surface area (Å²) >= 11 is 0. The number of fused-ring (bicyclic) bond motifs is 12. The molecule has 5 heteroatoms. The average Bonchev–Trinajstić information content (AvgIpc) is 3.92. The fourth-order valence-electron chi connectivity index (χ4n) is 11.0. The third-order valence-electron chi connectivity index (χ3n) is 14.4. The molecule has 0 unspecified atom stereocenters. The van der Waals surface area contributed by atoms with E-state index in [0.29, 0.717) is 0 Å². The lowest BCUT2D eigenvalue weighted by molar-refractivity contribution is 0.590. The van der Waals surface area contributed by atoms with E-state index in [0.717, 1.165) is 83.4 Å². The highest BCUT2D eigenvalue weighted by atomic mass is 16.3. The van der Waals surface area contributed by atoms with Crippen molar-refractivity contribution < 1.29 is 8.83 Å². The first kappa shape index (κ1) is 39.6. The minimum absolute atomic E-state index is 0.00963. The Labute approximate surface area is 391 Å². The Kier molecular flexibility index (Phi) is 8.49. The molecule has 0 atom stereocenters. The fourth-order valence-corrected chi connectivity index (χ4v) is 11.0. The van der Waals surface area contributed by atoms with Gasteiger partial charge in [0.15, 0.2) is 5.58 Å². The predicted molar refractivity (Wildman–Crippen MR) is 283 cm³/mol. The molecule has 11 aromatic rings. The zero-order valence-corrected chi connectivity index (χ0v) is 38.7. The molecule has 2 aliphatic rings. The van der Waals surface area contributed by atoms with Gasteiger partial charge in [-0.3, -0.25) is 0 Å². The van der Waals surface area contributed by atoms with E-state index < -0.39 is 0 Å². The molecule has 2 aliphatic heterocycles. The highest BCUT2D eigenvalue weighted by Crippen LogP contribution is 2.54. The number of anilines is 5. The molecule has 0 aliphatic carbocycles. The lowest BCUT2D eigenvalue weighted by atomic mass is 9.42. The van der Waals surface area contributed by atoms with Crippen LogP contribution in [0.25, 0.3) is 77.3 Å². The molecule has 0 spiro atoms. The van der Waals surface area contributed by atoms with Gasteiger partial charge in [-0.15, -0.1) is 0 Å². The molecule has 9 aromatic carbocycles. The summed E-state index contributed by atoms with van der Waals surface area (Å²) in [5, 5.41) is 4.42. The number of nitrogens with zero attached hydrogens (tertiary/aromatic N) is 2. The maximum atomic E-state index is 7.24. The van der Waals surface area contributed by atoms with Crippen LogP contribution in [0.15, 0.2) is 197 Å². The van der Waals surface area contributed by atoms with E-state index in [2.05, 4.69) is 239 Å². The molecular formula is C62H49BN2O2. The fraction of sp³-hybridized carbons (Fsp3) is 0.129. The van der Waals surface area contributed by atoms with Gasteiger partial charge in [-0.05, 0) is 116 Å². The van der Waals surface area contributed by atoms with Crippen molar-refractivity contribution in [2.45, 2.75) is 52.4 Å². The Bertz CT molecular complexity index is 3780. The molecule has 0 saturated heterocycles. The highest BCUT2D eigenvalue weighted by molar-refractivity contribution is 6.95. The zero-order chi connectivity index (χ0) is 45.3. The first-order valence-electron chi connectivity index (χ1n) is 23.5. The molecule has 0 N–H and O–H groups in total. The number of para-hydroxylation sites is 2. The van der Waals surface area contributed by atoms with Crippen LogP contribution in [0.1, 0.15) is 52.7 Å². The van der Waals surface area contributed by atoms with Crippen LogP contribution in [0.2, 0.25) is 0 Å². The van der Waals surface area contributed by atoms with Crippen LogP contribution in [-0.4, -0.2) is 6.85 Å². The first-order valence-corrected chi connectivity index (χ1v) is 23.5. The summed E-state index contributed by atoms with van der Waals surface area (Å²) < 4.78 is 14.1. The zero-order valence-electron chi connectivity index (χ0n) is 38.7. The summed E-state index contributed by atoms with van der Waals surface area (Å²) in [6.45, 7) is 13.5. The van der Waals surface area contributed by atoms with Gasteiger partial charge in [-0.25, -0.2) is 0 Å². The van der Waals surface area contributed by atoms with Gasteiger partial charge in [0.2, 0.25) is 0 Å². The van der Waals surface area contributed by atoms with Crippen molar-refractivity contribution in [2.24, 2.45) is 0 Å². The molecule has 67 heavy (non-hydrogen) atoms. The van der Waals surface area contributed by atoms with Crippen molar-refractivity contribution >= 4 is 90.1 Å². The number of benzene rings is 9. The van der Waals surface area contributed by atoms with Gasteiger partial charge in [-0.2, -0.15) is 0 Å². The van der Waals surface area contributed by atoms with Gasteiger partial charge in [0, 0.05) is 49.7 Å².